The first-order chi connectivity index (χ1) is 13.6. The molecule has 4 rings (SSSR count). The number of hydrogen-bond acceptors (Lipinski definition) is 4. The SMILES string of the molecule is Cc1ccccc1.O=C(O)c1ccnc(-c2cn(CCN3CCCC3)cn2)c1. The minimum Gasteiger partial charge on any atom is -0.478 e. The summed E-state index contributed by atoms with van der Waals surface area (Å²) >= 11 is 0. The van der Waals surface area contributed by atoms with Crippen LogP contribution in [0.2, 0.25) is 0 Å². The van der Waals surface area contributed by atoms with E-state index in [1.54, 1.807) is 12.4 Å². The number of aromatic nitrogens is 3. The first kappa shape index (κ1) is 19.8. The fraction of sp³-hybridized carbons (Fsp3) is 0.318. The fourth-order valence-electron chi connectivity index (χ4n) is 3.12. The average Bonchev–Trinajstić information content (AvgIpc) is 3.39. The number of hydrogen-bond donors (Lipinski definition) is 1. The van der Waals surface area contributed by atoms with Crippen molar-refractivity contribution in [2.75, 3.05) is 19.6 Å². The van der Waals surface area contributed by atoms with E-state index in [1.807, 2.05) is 29.0 Å². The van der Waals surface area contributed by atoms with Gasteiger partial charge in [0.05, 0.1) is 17.6 Å². The standard InChI is InChI=1S/C15H18N4O2.C7H8/c20-15(21)12-3-4-16-13(9-12)14-10-19(11-17-14)8-7-18-5-1-2-6-18;1-7-5-3-2-4-6-7/h3-4,9-11H,1-2,5-8H2,(H,20,21);2-6H,1H3. The summed E-state index contributed by atoms with van der Waals surface area (Å²) in [5, 5.41) is 9.01. The van der Waals surface area contributed by atoms with E-state index in [0.29, 0.717) is 11.4 Å². The Hall–Kier alpha value is -2.99. The molecule has 0 spiro atoms. The summed E-state index contributed by atoms with van der Waals surface area (Å²) in [5.41, 5.74) is 2.85. The number of carboxylic acids is 1. The molecule has 0 unspecified atom stereocenters. The predicted octanol–water partition coefficient (Wildman–Crippen LogP) is 3.73. The van der Waals surface area contributed by atoms with Gasteiger partial charge in [-0.25, -0.2) is 9.78 Å². The largest absolute Gasteiger partial charge is 0.478 e. The van der Waals surface area contributed by atoms with Crippen LogP contribution in [-0.4, -0.2) is 50.1 Å². The van der Waals surface area contributed by atoms with Gasteiger partial charge < -0.3 is 14.6 Å². The zero-order chi connectivity index (χ0) is 19.8. The molecule has 6 heteroatoms. The number of aromatic carboxylic acids is 1. The summed E-state index contributed by atoms with van der Waals surface area (Å²) in [6.07, 6.45) is 7.79. The van der Waals surface area contributed by atoms with Crippen LogP contribution < -0.4 is 0 Å². The molecule has 3 heterocycles. The van der Waals surface area contributed by atoms with Crippen molar-refractivity contribution in [2.24, 2.45) is 0 Å². The molecule has 0 saturated carbocycles. The van der Waals surface area contributed by atoms with Gasteiger partial charge in [0.25, 0.3) is 0 Å². The molecule has 1 N–H and O–H groups in total. The number of benzene rings is 1. The number of rotatable bonds is 5. The van der Waals surface area contributed by atoms with Gasteiger partial charge in [-0.3, -0.25) is 4.98 Å². The molecule has 1 aliphatic heterocycles. The molecule has 0 aliphatic carbocycles. The molecule has 28 heavy (non-hydrogen) atoms. The minimum atomic E-state index is -0.952. The summed E-state index contributed by atoms with van der Waals surface area (Å²) in [6.45, 7) is 6.37. The summed E-state index contributed by atoms with van der Waals surface area (Å²) in [7, 11) is 0. The molecular weight excluding hydrogens is 352 g/mol. The smallest absolute Gasteiger partial charge is 0.335 e. The highest BCUT2D eigenvalue weighted by Crippen LogP contribution is 2.16. The second-order valence-corrected chi connectivity index (χ2v) is 6.94. The summed E-state index contributed by atoms with van der Waals surface area (Å²) in [4.78, 5) is 21.9. The van der Waals surface area contributed by atoms with Crippen molar-refractivity contribution < 1.29 is 9.90 Å². The van der Waals surface area contributed by atoms with Crippen LogP contribution >= 0.6 is 0 Å². The highest BCUT2D eigenvalue weighted by molar-refractivity contribution is 5.88. The molecule has 3 aromatic rings. The number of imidazole rings is 1. The topological polar surface area (TPSA) is 71.2 Å². The van der Waals surface area contributed by atoms with Crippen LogP contribution in [-0.2, 0) is 6.54 Å². The van der Waals surface area contributed by atoms with Crippen LogP contribution in [0, 0.1) is 6.92 Å². The monoisotopic (exact) mass is 378 g/mol. The Labute approximate surface area is 165 Å². The molecule has 0 radical (unpaired) electrons. The molecule has 2 aromatic heterocycles. The second kappa shape index (κ2) is 9.80. The van der Waals surface area contributed by atoms with E-state index < -0.39 is 5.97 Å². The van der Waals surface area contributed by atoms with Gasteiger partial charge in [-0.15, -0.1) is 0 Å². The van der Waals surface area contributed by atoms with Crippen LogP contribution in [0.15, 0.2) is 61.2 Å². The molecule has 0 amide bonds. The Morgan fingerprint density at radius 2 is 1.79 bits per heavy atom. The second-order valence-electron chi connectivity index (χ2n) is 6.94. The van der Waals surface area contributed by atoms with E-state index in [0.717, 1.165) is 13.1 Å². The number of nitrogens with zero attached hydrogens (tertiary/aromatic N) is 4. The van der Waals surface area contributed by atoms with Gasteiger partial charge in [-0.2, -0.15) is 0 Å². The molecule has 1 aromatic carbocycles. The molecule has 1 saturated heterocycles. The van der Waals surface area contributed by atoms with Crippen LogP contribution in [0.5, 0.6) is 0 Å². The summed E-state index contributed by atoms with van der Waals surface area (Å²) < 4.78 is 2.03. The quantitative estimate of drug-likeness (QED) is 0.732. The van der Waals surface area contributed by atoms with E-state index in [2.05, 4.69) is 33.9 Å². The normalized spacial score (nSPS) is 13.8. The minimum absolute atomic E-state index is 0.228. The molecular formula is C22H26N4O2. The maximum Gasteiger partial charge on any atom is 0.335 e. The third kappa shape index (κ3) is 5.76. The van der Waals surface area contributed by atoms with E-state index >= 15 is 0 Å². The maximum atomic E-state index is 11.0. The van der Waals surface area contributed by atoms with Crippen molar-refractivity contribution in [3.8, 4) is 11.4 Å². The number of carbonyl (C=O) groups is 1. The van der Waals surface area contributed by atoms with Gasteiger partial charge in [0.15, 0.2) is 0 Å². The molecule has 1 aliphatic rings. The Morgan fingerprint density at radius 3 is 2.43 bits per heavy atom. The van der Waals surface area contributed by atoms with Gasteiger partial charge in [0.2, 0.25) is 0 Å². The lowest BCUT2D eigenvalue weighted by Gasteiger charge is -2.14. The number of aryl methyl sites for hydroxylation is 1. The number of likely N-dealkylation sites (tertiary alicyclic amines) is 1. The van der Waals surface area contributed by atoms with Gasteiger partial charge in [-0.1, -0.05) is 35.9 Å². The lowest BCUT2D eigenvalue weighted by atomic mass is 10.2. The van der Waals surface area contributed by atoms with Crippen molar-refractivity contribution in [3.05, 3.63) is 72.3 Å². The Morgan fingerprint density at radius 1 is 1.04 bits per heavy atom. The zero-order valence-electron chi connectivity index (χ0n) is 16.2. The van der Waals surface area contributed by atoms with Crippen molar-refractivity contribution in [3.63, 3.8) is 0 Å². The molecule has 0 bridgehead atoms. The molecule has 146 valence electrons. The lowest BCUT2D eigenvalue weighted by molar-refractivity contribution is 0.0697. The van der Waals surface area contributed by atoms with Gasteiger partial charge in [0.1, 0.15) is 5.69 Å². The maximum absolute atomic E-state index is 11.0. The van der Waals surface area contributed by atoms with Crippen LogP contribution in [0.25, 0.3) is 11.4 Å². The van der Waals surface area contributed by atoms with Crippen molar-refractivity contribution in [1.29, 1.82) is 0 Å². The van der Waals surface area contributed by atoms with Crippen LogP contribution in [0.1, 0.15) is 28.8 Å². The first-order valence-electron chi connectivity index (χ1n) is 9.57. The fourth-order valence-corrected chi connectivity index (χ4v) is 3.12. The lowest BCUT2D eigenvalue weighted by Crippen LogP contribution is -2.23. The van der Waals surface area contributed by atoms with E-state index in [4.69, 9.17) is 5.11 Å². The Kier molecular flexibility index (Phi) is 6.92. The van der Waals surface area contributed by atoms with E-state index in [-0.39, 0.29) is 5.56 Å². The van der Waals surface area contributed by atoms with Crippen LogP contribution in [0.3, 0.4) is 0 Å². The predicted molar refractivity (Wildman–Crippen MR) is 109 cm³/mol. The summed E-state index contributed by atoms with van der Waals surface area (Å²) in [6, 6.07) is 13.3. The van der Waals surface area contributed by atoms with Crippen LogP contribution in [0.4, 0.5) is 0 Å². The average molecular weight is 378 g/mol. The number of carboxylic acid groups (broad SMARTS) is 1. The van der Waals surface area contributed by atoms with Crippen molar-refractivity contribution >= 4 is 5.97 Å². The molecule has 6 nitrogen and oxygen atoms in total. The number of pyridine rings is 1. The van der Waals surface area contributed by atoms with E-state index in [9.17, 15) is 4.79 Å². The van der Waals surface area contributed by atoms with E-state index in [1.165, 1.54) is 43.8 Å². The highest BCUT2D eigenvalue weighted by atomic mass is 16.4. The zero-order valence-corrected chi connectivity index (χ0v) is 16.2. The molecule has 0 atom stereocenters. The third-order valence-electron chi connectivity index (χ3n) is 4.72. The molecule has 1 fully saturated rings. The van der Waals surface area contributed by atoms with Gasteiger partial charge >= 0.3 is 5.97 Å². The van der Waals surface area contributed by atoms with Crippen molar-refractivity contribution in [1.82, 2.24) is 19.4 Å². The summed E-state index contributed by atoms with van der Waals surface area (Å²) in [5.74, 6) is -0.952. The highest BCUT2D eigenvalue weighted by Gasteiger charge is 2.12. The van der Waals surface area contributed by atoms with Gasteiger partial charge in [0, 0.05) is 25.5 Å². The van der Waals surface area contributed by atoms with Crippen molar-refractivity contribution in [2.45, 2.75) is 26.3 Å². The Balaban J connectivity index is 0.000000271. The Bertz CT molecular complexity index is 886. The van der Waals surface area contributed by atoms with Gasteiger partial charge in [-0.05, 0) is 45.0 Å². The first-order valence-corrected chi connectivity index (χ1v) is 9.57. The third-order valence-corrected chi connectivity index (χ3v) is 4.72.